The second-order valence-corrected chi connectivity index (χ2v) is 4.24. The van der Waals surface area contributed by atoms with Gasteiger partial charge in [0.25, 0.3) is 0 Å². The molecule has 0 aliphatic heterocycles. The molecule has 0 spiro atoms. The van der Waals surface area contributed by atoms with Gasteiger partial charge in [-0.05, 0) is 48.9 Å². The molecule has 0 heterocycles. The first-order valence-electron chi connectivity index (χ1n) is 5.33. The van der Waals surface area contributed by atoms with Crippen LogP contribution in [-0.2, 0) is 6.42 Å². The van der Waals surface area contributed by atoms with Crippen LogP contribution in [0.25, 0.3) is 0 Å². The summed E-state index contributed by atoms with van der Waals surface area (Å²) in [5.41, 5.74) is 7.88. The maximum atomic E-state index is 13.6. The first-order valence-corrected chi connectivity index (χ1v) is 5.33. The van der Waals surface area contributed by atoms with Crippen molar-refractivity contribution in [3.63, 3.8) is 0 Å². The van der Waals surface area contributed by atoms with Gasteiger partial charge in [0, 0.05) is 6.04 Å². The zero-order valence-corrected chi connectivity index (χ0v) is 10.3. The van der Waals surface area contributed by atoms with Crippen molar-refractivity contribution in [2.75, 3.05) is 0 Å². The topological polar surface area (TPSA) is 63.3 Å². The SMILES string of the molecule is Cc1c(C(=O)O)c(F)cc2c1[C@H](N)CCC2.Cl. The van der Waals surface area contributed by atoms with Gasteiger partial charge in [-0.15, -0.1) is 12.4 Å². The third-order valence-electron chi connectivity index (χ3n) is 3.21. The Kier molecular flexibility index (Phi) is 4.11. The summed E-state index contributed by atoms with van der Waals surface area (Å²) in [5, 5.41) is 8.95. The predicted octanol–water partition coefficient (Wildman–Crippen LogP) is 2.59. The summed E-state index contributed by atoms with van der Waals surface area (Å²) < 4.78 is 13.6. The highest BCUT2D eigenvalue weighted by atomic mass is 35.5. The molecule has 0 radical (unpaired) electrons. The zero-order valence-electron chi connectivity index (χ0n) is 9.50. The molecule has 5 heteroatoms. The number of hydrogen-bond donors (Lipinski definition) is 2. The molecular formula is C12H15ClFNO2. The van der Waals surface area contributed by atoms with E-state index in [9.17, 15) is 9.18 Å². The van der Waals surface area contributed by atoms with E-state index in [1.807, 2.05) is 0 Å². The molecule has 2 rings (SSSR count). The van der Waals surface area contributed by atoms with Crippen LogP contribution in [0.4, 0.5) is 4.39 Å². The van der Waals surface area contributed by atoms with Crippen molar-refractivity contribution in [2.45, 2.75) is 32.2 Å². The monoisotopic (exact) mass is 259 g/mol. The Labute approximate surface area is 105 Å². The minimum absolute atomic E-state index is 0. The van der Waals surface area contributed by atoms with Gasteiger partial charge in [-0.2, -0.15) is 0 Å². The normalized spacial score (nSPS) is 18.2. The van der Waals surface area contributed by atoms with Gasteiger partial charge < -0.3 is 10.8 Å². The lowest BCUT2D eigenvalue weighted by molar-refractivity contribution is 0.0691. The summed E-state index contributed by atoms with van der Waals surface area (Å²) >= 11 is 0. The second kappa shape index (κ2) is 5.02. The van der Waals surface area contributed by atoms with E-state index in [2.05, 4.69) is 0 Å². The summed E-state index contributed by atoms with van der Waals surface area (Å²) in [6.07, 6.45) is 2.54. The van der Waals surface area contributed by atoms with Gasteiger partial charge in [0.2, 0.25) is 0 Å². The van der Waals surface area contributed by atoms with Crippen molar-refractivity contribution < 1.29 is 14.3 Å². The average Bonchev–Trinajstić information content (AvgIpc) is 2.15. The Hall–Kier alpha value is -1.13. The number of fused-ring (bicyclic) bond motifs is 1. The third kappa shape index (κ3) is 2.28. The molecule has 94 valence electrons. The number of carboxylic acid groups (broad SMARTS) is 1. The van der Waals surface area contributed by atoms with Crippen LogP contribution in [0.3, 0.4) is 0 Å². The van der Waals surface area contributed by atoms with Gasteiger partial charge in [0.15, 0.2) is 0 Å². The highest BCUT2D eigenvalue weighted by molar-refractivity contribution is 5.90. The fourth-order valence-electron chi connectivity index (χ4n) is 2.50. The summed E-state index contributed by atoms with van der Waals surface area (Å²) in [5.74, 6) is -1.88. The molecule has 0 bridgehead atoms. The molecule has 0 fully saturated rings. The minimum atomic E-state index is -1.23. The van der Waals surface area contributed by atoms with Crippen LogP contribution < -0.4 is 5.73 Å². The quantitative estimate of drug-likeness (QED) is 0.815. The van der Waals surface area contributed by atoms with Gasteiger partial charge in [-0.25, -0.2) is 9.18 Å². The standard InChI is InChI=1S/C12H14FNO2.ClH/c1-6-10-7(3-2-4-9(10)14)5-8(13)11(6)12(15)16;/h5,9H,2-4,14H2,1H3,(H,15,16);1H/t9-;/m1./s1. The van der Waals surface area contributed by atoms with E-state index >= 15 is 0 Å². The number of halogens is 2. The third-order valence-corrected chi connectivity index (χ3v) is 3.21. The predicted molar refractivity (Wildman–Crippen MR) is 65.2 cm³/mol. The Morgan fingerprint density at radius 2 is 2.24 bits per heavy atom. The van der Waals surface area contributed by atoms with Gasteiger partial charge in [-0.3, -0.25) is 0 Å². The van der Waals surface area contributed by atoms with Crippen molar-refractivity contribution in [3.8, 4) is 0 Å². The van der Waals surface area contributed by atoms with Gasteiger partial charge in [-0.1, -0.05) is 0 Å². The Morgan fingerprint density at radius 1 is 1.59 bits per heavy atom. The van der Waals surface area contributed by atoms with Crippen molar-refractivity contribution in [3.05, 3.63) is 34.1 Å². The molecule has 0 amide bonds. The van der Waals surface area contributed by atoms with Crippen molar-refractivity contribution in [1.29, 1.82) is 0 Å². The number of nitrogens with two attached hydrogens (primary N) is 1. The smallest absolute Gasteiger partial charge is 0.338 e. The van der Waals surface area contributed by atoms with E-state index < -0.39 is 11.8 Å². The van der Waals surface area contributed by atoms with Crippen LogP contribution in [0.15, 0.2) is 6.07 Å². The van der Waals surface area contributed by atoms with Crippen LogP contribution in [0.1, 0.15) is 45.9 Å². The van der Waals surface area contributed by atoms with E-state index in [1.165, 1.54) is 6.07 Å². The van der Waals surface area contributed by atoms with E-state index in [1.54, 1.807) is 6.92 Å². The van der Waals surface area contributed by atoms with E-state index in [0.29, 0.717) is 5.56 Å². The number of aromatic carboxylic acids is 1. The first-order chi connectivity index (χ1) is 7.52. The Morgan fingerprint density at radius 3 is 2.82 bits per heavy atom. The molecule has 1 aromatic rings. The number of benzene rings is 1. The summed E-state index contributed by atoms with van der Waals surface area (Å²) in [4.78, 5) is 11.0. The highest BCUT2D eigenvalue weighted by Crippen LogP contribution is 2.33. The highest BCUT2D eigenvalue weighted by Gasteiger charge is 2.25. The molecule has 0 saturated carbocycles. The minimum Gasteiger partial charge on any atom is -0.478 e. The molecule has 0 unspecified atom stereocenters. The van der Waals surface area contributed by atoms with E-state index in [4.69, 9.17) is 10.8 Å². The first kappa shape index (κ1) is 13.9. The molecule has 0 aromatic heterocycles. The molecular weight excluding hydrogens is 245 g/mol. The number of aryl methyl sites for hydroxylation is 1. The maximum Gasteiger partial charge on any atom is 0.338 e. The lowest BCUT2D eigenvalue weighted by Gasteiger charge is -2.25. The fourth-order valence-corrected chi connectivity index (χ4v) is 2.50. The number of carboxylic acids is 1. The summed E-state index contributed by atoms with van der Waals surface area (Å²) in [7, 11) is 0. The van der Waals surface area contributed by atoms with Gasteiger partial charge in [0.1, 0.15) is 5.82 Å². The lowest BCUT2D eigenvalue weighted by Crippen LogP contribution is -2.21. The van der Waals surface area contributed by atoms with Crippen molar-refractivity contribution >= 4 is 18.4 Å². The molecule has 3 nitrogen and oxygen atoms in total. The van der Waals surface area contributed by atoms with E-state index in [-0.39, 0.29) is 24.0 Å². The molecule has 1 aliphatic carbocycles. The molecule has 1 aromatic carbocycles. The molecule has 1 aliphatic rings. The van der Waals surface area contributed by atoms with Gasteiger partial charge >= 0.3 is 5.97 Å². The number of hydrogen-bond acceptors (Lipinski definition) is 2. The summed E-state index contributed by atoms with van der Waals surface area (Å²) in [6.45, 7) is 1.64. The number of rotatable bonds is 1. The van der Waals surface area contributed by atoms with Crippen molar-refractivity contribution in [1.82, 2.24) is 0 Å². The molecule has 1 atom stereocenters. The molecule has 3 N–H and O–H groups in total. The van der Waals surface area contributed by atoms with Gasteiger partial charge in [0.05, 0.1) is 5.56 Å². The lowest BCUT2D eigenvalue weighted by atomic mass is 9.83. The van der Waals surface area contributed by atoms with Crippen LogP contribution in [0, 0.1) is 12.7 Å². The zero-order chi connectivity index (χ0) is 11.9. The van der Waals surface area contributed by atoms with E-state index in [0.717, 1.165) is 30.4 Å². The van der Waals surface area contributed by atoms with Crippen LogP contribution in [0.5, 0.6) is 0 Å². The Bertz CT molecular complexity index is 462. The Balaban J connectivity index is 0.00000144. The van der Waals surface area contributed by atoms with Crippen LogP contribution in [0.2, 0.25) is 0 Å². The largest absolute Gasteiger partial charge is 0.478 e. The number of carbonyl (C=O) groups is 1. The molecule has 0 saturated heterocycles. The fraction of sp³-hybridized carbons (Fsp3) is 0.417. The average molecular weight is 260 g/mol. The van der Waals surface area contributed by atoms with Crippen molar-refractivity contribution in [2.24, 2.45) is 5.73 Å². The summed E-state index contributed by atoms with van der Waals surface area (Å²) in [6, 6.07) is 1.16. The molecule has 17 heavy (non-hydrogen) atoms. The van der Waals surface area contributed by atoms with Crippen LogP contribution >= 0.6 is 12.4 Å². The second-order valence-electron chi connectivity index (χ2n) is 4.24. The maximum absolute atomic E-state index is 13.6. The van der Waals surface area contributed by atoms with Crippen LogP contribution in [-0.4, -0.2) is 11.1 Å².